The van der Waals surface area contributed by atoms with E-state index >= 15 is 0 Å². The number of rotatable bonds is 5. The Hall–Kier alpha value is -3.26. The van der Waals surface area contributed by atoms with E-state index in [4.69, 9.17) is 4.52 Å². The predicted octanol–water partition coefficient (Wildman–Crippen LogP) is 5.05. The molecule has 2 aromatic heterocycles. The molecule has 29 heavy (non-hydrogen) atoms. The minimum Gasteiger partial charge on any atom is -0.334 e. The maximum Gasteiger partial charge on any atom is 0.274 e. The number of carbonyl (C=O) groups excluding carboxylic acids is 1. The Balaban J connectivity index is 1.50. The fourth-order valence-corrected chi connectivity index (χ4v) is 3.08. The summed E-state index contributed by atoms with van der Waals surface area (Å²) in [6.07, 6.45) is 1.74. The Kier molecular flexibility index (Phi) is 5.26. The highest BCUT2D eigenvalue weighted by Crippen LogP contribution is 2.24. The fourth-order valence-electron chi connectivity index (χ4n) is 2.82. The monoisotopic (exact) mass is 454 g/mol. The van der Waals surface area contributed by atoms with Crippen LogP contribution < -0.4 is 5.32 Å². The molecule has 8 heteroatoms. The zero-order valence-corrected chi connectivity index (χ0v) is 17.0. The van der Waals surface area contributed by atoms with Crippen LogP contribution in [0, 0.1) is 12.7 Å². The van der Waals surface area contributed by atoms with E-state index in [2.05, 4.69) is 31.4 Å². The number of nitrogens with one attached hydrogen (secondary N) is 1. The number of hydrogen-bond donors (Lipinski definition) is 1. The van der Waals surface area contributed by atoms with Gasteiger partial charge in [0.15, 0.2) is 0 Å². The lowest BCUT2D eigenvalue weighted by Gasteiger charge is -2.09. The number of carbonyl (C=O) groups is 1. The summed E-state index contributed by atoms with van der Waals surface area (Å²) < 4.78 is 21.7. The molecule has 146 valence electrons. The quantitative estimate of drug-likeness (QED) is 0.457. The van der Waals surface area contributed by atoms with E-state index in [1.54, 1.807) is 42.0 Å². The molecule has 1 N–H and O–H groups in total. The molecular weight excluding hydrogens is 439 g/mol. The molecule has 0 aliphatic heterocycles. The molecule has 0 spiro atoms. The summed E-state index contributed by atoms with van der Waals surface area (Å²) in [5.41, 5.74) is 2.36. The summed E-state index contributed by atoms with van der Waals surface area (Å²) in [5, 5.41) is 6.71. The first-order valence-corrected chi connectivity index (χ1v) is 9.60. The van der Waals surface area contributed by atoms with Crippen molar-refractivity contribution in [2.75, 3.05) is 5.32 Å². The zero-order chi connectivity index (χ0) is 20.4. The van der Waals surface area contributed by atoms with Crippen molar-refractivity contribution < 1.29 is 13.7 Å². The molecule has 1 amide bonds. The summed E-state index contributed by atoms with van der Waals surface area (Å²) in [4.78, 5) is 16.8. The van der Waals surface area contributed by atoms with Crippen molar-refractivity contribution in [1.29, 1.82) is 0 Å². The molecule has 0 aliphatic rings. The molecule has 4 rings (SSSR count). The number of benzene rings is 2. The molecule has 6 nitrogen and oxygen atoms in total. The van der Waals surface area contributed by atoms with Gasteiger partial charge in [-0.1, -0.05) is 27.2 Å². The molecule has 0 aliphatic carbocycles. The first-order chi connectivity index (χ1) is 14.0. The second-order valence-corrected chi connectivity index (χ2v) is 7.38. The second kappa shape index (κ2) is 8.00. The van der Waals surface area contributed by atoms with Gasteiger partial charge in [0.1, 0.15) is 18.1 Å². The van der Waals surface area contributed by atoms with Gasteiger partial charge >= 0.3 is 0 Å². The van der Waals surface area contributed by atoms with Crippen LogP contribution in [0.25, 0.3) is 23.0 Å². The van der Waals surface area contributed by atoms with Gasteiger partial charge in [0.25, 0.3) is 5.89 Å². The highest BCUT2D eigenvalue weighted by atomic mass is 79.9. The van der Waals surface area contributed by atoms with E-state index in [0.717, 1.165) is 10.0 Å². The summed E-state index contributed by atoms with van der Waals surface area (Å²) in [5.74, 6) is 0.107. The number of hydrogen-bond acceptors (Lipinski definition) is 4. The average molecular weight is 455 g/mol. The molecule has 0 saturated heterocycles. The van der Waals surface area contributed by atoms with Crippen molar-refractivity contribution in [3.05, 3.63) is 76.6 Å². The number of halogens is 2. The number of aromatic nitrogens is 3. The summed E-state index contributed by atoms with van der Waals surface area (Å²) in [6.45, 7) is 1.69. The first kappa shape index (κ1) is 19.1. The van der Waals surface area contributed by atoms with Gasteiger partial charge in [0.05, 0.1) is 0 Å². The van der Waals surface area contributed by atoms with Crippen LogP contribution in [-0.4, -0.2) is 20.6 Å². The lowest BCUT2D eigenvalue weighted by Crippen LogP contribution is -2.19. The fraction of sp³-hybridized carbons (Fsp3) is 0.0952. The van der Waals surface area contributed by atoms with Gasteiger partial charge in [-0.3, -0.25) is 4.79 Å². The van der Waals surface area contributed by atoms with Gasteiger partial charge in [0, 0.05) is 21.9 Å². The number of amides is 1. The Labute approximate surface area is 174 Å². The van der Waals surface area contributed by atoms with E-state index in [1.807, 2.05) is 24.3 Å². The molecule has 0 saturated carbocycles. The highest BCUT2D eigenvalue weighted by Gasteiger charge is 2.16. The lowest BCUT2D eigenvalue weighted by atomic mass is 10.2. The third-order valence-electron chi connectivity index (χ3n) is 4.35. The van der Waals surface area contributed by atoms with Gasteiger partial charge in [-0.05, 0) is 61.0 Å². The van der Waals surface area contributed by atoms with Crippen molar-refractivity contribution >= 4 is 27.5 Å². The topological polar surface area (TPSA) is 73.0 Å². The van der Waals surface area contributed by atoms with Crippen LogP contribution in [-0.2, 0) is 11.3 Å². The molecule has 0 atom stereocenters. The maximum atomic E-state index is 13.7. The van der Waals surface area contributed by atoms with Crippen LogP contribution in [0.3, 0.4) is 0 Å². The Bertz CT molecular complexity index is 1170. The van der Waals surface area contributed by atoms with Crippen molar-refractivity contribution in [2.45, 2.75) is 13.5 Å². The van der Waals surface area contributed by atoms with Crippen LogP contribution in [0.15, 0.2) is 69.8 Å². The summed E-state index contributed by atoms with van der Waals surface area (Å²) >= 11 is 3.39. The molecule has 0 unspecified atom stereocenters. The largest absolute Gasteiger partial charge is 0.334 e. The van der Waals surface area contributed by atoms with Crippen LogP contribution in [0.1, 0.15) is 5.56 Å². The van der Waals surface area contributed by atoms with E-state index < -0.39 is 0 Å². The van der Waals surface area contributed by atoms with Crippen molar-refractivity contribution in [1.82, 2.24) is 14.7 Å². The van der Waals surface area contributed by atoms with Crippen molar-refractivity contribution in [3.63, 3.8) is 0 Å². The molecule has 2 heterocycles. The minimum atomic E-state index is -0.365. The molecular formula is C21H16BrFN4O2. The van der Waals surface area contributed by atoms with Gasteiger partial charge in [-0.2, -0.15) is 4.98 Å². The van der Waals surface area contributed by atoms with Crippen LogP contribution in [0.2, 0.25) is 0 Å². The Morgan fingerprint density at radius 1 is 1.21 bits per heavy atom. The predicted molar refractivity (Wildman–Crippen MR) is 111 cm³/mol. The molecule has 4 aromatic rings. The number of aryl methyl sites for hydroxylation is 1. The average Bonchev–Trinajstić information content (AvgIpc) is 3.34. The van der Waals surface area contributed by atoms with Crippen LogP contribution >= 0.6 is 15.9 Å². The summed E-state index contributed by atoms with van der Waals surface area (Å²) in [6, 6.07) is 15.7. The minimum absolute atomic E-state index is 0.0217. The van der Waals surface area contributed by atoms with E-state index in [-0.39, 0.29) is 18.3 Å². The van der Waals surface area contributed by atoms with E-state index in [0.29, 0.717) is 28.7 Å². The third kappa shape index (κ3) is 4.27. The second-order valence-electron chi connectivity index (χ2n) is 6.46. The SMILES string of the molecule is Cc1ccc(NC(=O)Cn2cccc2-c2nc(-c3ccc(Br)cc3)no2)cc1F. The van der Waals surface area contributed by atoms with E-state index in [1.165, 1.54) is 6.07 Å². The molecule has 0 bridgehead atoms. The Morgan fingerprint density at radius 2 is 2.00 bits per heavy atom. The number of nitrogens with zero attached hydrogens (tertiary/aromatic N) is 3. The normalized spacial score (nSPS) is 10.9. The number of anilines is 1. The molecule has 2 aromatic carbocycles. The summed E-state index contributed by atoms with van der Waals surface area (Å²) in [7, 11) is 0. The van der Waals surface area contributed by atoms with Crippen molar-refractivity contribution in [2.24, 2.45) is 0 Å². The molecule has 0 fully saturated rings. The first-order valence-electron chi connectivity index (χ1n) is 8.81. The zero-order valence-electron chi connectivity index (χ0n) is 15.4. The van der Waals surface area contributed by atoms with Gasteiger partial charge in [-0.15, -0.1) is 0 Å². The van der Waals surface area contributed by atoms with Crippen LogP contribution in [0.4, 0.5) is 10.1 Å². The maximum absolute atomic E-state index is 13.7. The van der Waals surface area contributed by atoms with Gasteiger partial charge < -0.3 is 14.4 Å². The standard InChI is InChI=1S/C21H16BrFN4O2/c1-13-4-9-16(11-17(13)23)24-19(28)12-27-10-2-3-18(27)21-25-20(26-29-21)14-5-7-15(22)8-6-14/h2-11H,12H2,1H3,(H,24,28). The molecule has 0 radical (unpaired) electrons. The van der Waals surface area contributed by atoms with Gasteiger partial charge in [0.2, 0.25) is 11.7 Å². The lowest BCUT2D eigenvalue weighted by molar-refractivity contribution is -0.116. The Morgan fingerprint density at radius 3 is 2.76 bits per heavy atom. The highest BCUT2D eigenvalue weighted by molar-refractivity contribution is 9.10. The third-order valence-corrected chi connectivity index (χ3v) is 4.88. The van der Waals surface area contributed by atoms with E-state index in [9.17, 15) is 9.18 Å². The van der Waals surface area contributed by atoms with Gasteiger partial charge in [-0.25, -0.2) is 4.39 Å². The van der Waals surface area contributed by atoms with Crippen LogP contribution in [0.5, 0.6) is 0 Å². The smallest absolute Gasteiger partial charge is 0.274 e. The van der Waals surface area contributed by atoms with Crippen molar-refractivity contribution in [3.8, 4) is 23.0 Å².